The minimum atomic E-state index is -1.03. The molecule has 2 aliphatic heterocycles. The third-order valence-corrected chi connectivity index (χ3v) is 3.59. The van der Waals surface area contributed by atoms with Crippen molar-refractivity contribution < 1.29 is 24.1 Å². The van der Waals surface area contributed by atoms with E-state index in [1.54, 1.807) is 13.8 Å². The van der Waals surface area contributed by atoms with Gasteiger partial charge in [0.1, 0.15) is 18.2 Å². The maximum atomic E-state index is 10.5. The molecule has 0 aromatic rings. The summed E-state index contributed by atoms with van der Waals surface area (Å²) in [5.74, 6) is 1.69. The fraction of sp³-hybridized carbons (Fsp3) is 0.857. The van der Waals surface area contributed by atoms with E-state index in [0.29, 0.717) is 19.4 Å². The number of terminal acetylenes is 1. The van der Waals surface area contributed by atoms with Crippen LogP contribution in [0.2, 0.25) is 0 Å². The van der Waals surface area contributed by atoms with Crippen molar-refractivity contribution in [2.75, 3.05) is 13.2 Å². The number of unbranched alkanes of at least 4 members (excludes halogenated alkanes) is 1. The lowest BCUT2D eigenvalue weighted by Gasteiger charge is -2.48. The molecule has 2 saturated heterocycles. The lowest BCUT2D eigenvalue weighted by molar-refractivity contribution is -0.367. The van der Waals surface area contributed by atoms with Crippen molar-refractivity contribution in [3.8, 4) is 12.3 Å². The van der Waals surface area contributed by atoms with E-state index in [1.165, 1.54) is 0 Å². The standard InChI is InChI=1S/C14H21N3O5/c1-4-5-6-7-19-13-10(16-17-15)11(18)12-9(21-13)8-20-14(2,3)22-12/h1,9-13,18H,5-8H2,2-3H3/t9?,10?,11-,12-,13-/m1/s1. The number of aliphatic hydroxyl groups excluding tert-OH is 1. The van der Waals surface area contributed by atoms with E-state index < -0.39 is 36.4 Å². The Morgan fingerprint density at radius 2 is 2.32 bits per heavy atom. The first-order valence-corrected chi connectivity index (χ1v) is 7.23. The van der Waals surface area contributed by atoms with Crippen LogP contribution in [0.4, 0.5) is 0 Å². The maximum absolute atomic E-state index is 10.5. The van der Waals surface area contributed by atoms with E-state index in [2.05, 4.69) is 15.9 Å². The number of rotatable bonds is 5. The molecule has 5 atom stereocenters. The third-order valence-electron chi connectivity index (χ3n) is 3.59. The van der Waals surface area contributed by atoms with E-state index in [0.717, 1.165) is 0 Å². The second kappa shape index (κ2) is 7.29. The minimum Gasteiger partial charge on any atom is -0.390 e. The first-order chi connectivity index (χ1) is 10.5. The Hall–Kier alpha value is -1.33. The summed E-state index contributed by atoms with van der Waals surface area (Å²) in [6.45, 7) is 4.12. The molecule has 2 heterocycles. The van der Waals surface area contributed by atoms with Crippen molar-refractivity contribution in [2.24, 2.45) is 5.11 Å². The van der Waals surface area contributed by atoms with Crippen molar-refractivity contribution in [1.82, 2.24) is 0 Å². The number of hydrogen-bond donors (Lipinski definition) is 1. The van der Waals surface area contributed by atoms with Gasteiger partial charge in [0.05, 0.1) is 19.3 Å². The molecule has 0 radical (unpaired) electrons. The van der Waals surface area contributed by atoms with E-state index in [1.807, 2.05) is 0 Å². The first-order valence-electron chi connectivity index (χ1n) is 7.23. The van der Waals surface area contributed by atoms with Crippen LogP contribution in [-0.2, 0) is 18.9 Å². The highest BCUT2D eigenvalue weighted by Crippen LogP contribution is 2.33. The molecule has 2 rings (SSSR count). The second-order valence-corrected chi connectivity index (χ2v) is 5.70. The first kappa shape index (κ1) is 17.0. The summed E-state index contributed by atoms with van der Waals surface area (Å²) < 4.78 is 22.5. The summed E-state index contributed by atoms with van der Waals surface area (Å²) in [7, 11) is 0. The molecule has 0 spiro atoms. The van der Waals surface area contributed by atoms with Crippen molar-refractivity contribution in [3.63, 3.8) is 0 Å². The normalized spacial score (nSPS) is 36.7. The molecule has 8 heteroatoms. The largest absolute Gasteiger partial charge is 0.390 e. The molecule has 0 aliphatic carbocycles. The Bertz CT molecular complexity index is 472. The average Bonchev–Trinajstić information content (AvgIpc) is 2.47. The second-order valence-electron chi connectivity index (χ2n) is 5.70. The van der Waals surface area contributed by atoms with Gasteiger partial charge in [0.15, 0.2) is 12.1 Å². The van der Waals surface area contributed by atoms with Crippen molar-refractivity contribution >= 4 is 0 Å². The fourth-order valence-electron chi connectivity index (χ4n) is 2.52. The zero-order valence-electron chi connectivity index (χ0n) is 12.7. The van der Waals surface area contributed by atoms with Gasteiger partial charge in [-0.05, 0) is 25.8 Å². The average molecular weight is 311 g/mol. The van der Waals surface area contributed by atoms with Gasteiger partial charge >= 0.3 is 0 Å². The Morgan fingerprint density at radius 1 is 1.55 bits per heavy atom. The summed E-state index contributed by atoms with van der Waals surface area (Å²) in [5, 5.41) is 14.1. The lowest BCUT2D eigenvalue weighted by Crippen LogP contribution is -2.64. The third kappa shape index (κ3) is 3.90. The molecular weight excluding hydrogens is 290 g/mol. The van der Waals surface area contributed by atoms with Crippen LogP contribution in [0.15, 0.2) is 5.11 Å². The molecule has 122 valence electrons. The van der Waals surface area contributed by atoms with Crippen LogP contribution >= 0.6 is 0 Å². The van der Waals surface area contributed by atoms with Crippen molar-refractivity contribution in [2.45, 2.75) is 63.1 Å². The lowest BCUT2D eigenvalue weighted by atomic mass is 9.96. The molecule has 0 amide bonds. The minimum absolute atomic E-state index is 0.266. The molecule has 2 fully saturated rings. The van der Waals surface area contributed by atoms with Crippen molar-refractivity contribution in [3.05, 3.63) is 10.4 Å². The van der Waals surface area contributed by atoms with Crippen LogP contribution in [0.3, 0.4) is 0 Å². The monoisotopic (exact) mass is 311 g/mol. The maximum Gasteiger partial charge on any atom is 0.169 e. The molecule has 0 aromatic carbocycles. The number of fused-ring (bicyclic) bond motifs is 1. The fourth-order valence-corrected chi connectivity index (χ4v) is 2.52. The number of azide groups is 1. The number of hydrogen-bond acceptors (Lipinski definition) is 6. The van der Waals surface area contributed by atoms with Gasteiger partial charge in [-0.2, -0.15) is 0 Å². The highest BCUT2D eigenvalue weighted by molar-refractivity contribution is 4.97. The topological polar surface area (TPSA) is 106 Å². The van der Waals surface area contributed by atoms with Crippen LogP contribution in [0.25, 0.3) is 10.4 Å². The van der Waals surface area contributed by atoms with Crippen molar-refractivity contribution in [1.29, 1.82) is 0 Å². The van der Waals surface area contributed by atoms with Crippen LogP contribution in [0, 0.1) is 12.3 Å². The molecule has 0 saturated carbocycles. The Kier molecular flexibility index (Phi) is 5.64. The quantitative estimate of drug-likeness (QED) is 0.271. The van der Waals surface area contributed by atoms with Crippen LogP contribution < -0.4 is 0 Å². The SMILES string of the molecule is C#CCCCO[C@@H]1OC2COC(C)(C)O[C@H]2[C@H](O)C1N=[N+]=[N-]. The van der Waals surface area contributed by atoms with E-state index in [-0.39, 0.29) is 6.61 Å². The summed E-state index contributed by atoms with van der Waals surface area (Å²) in [6, 6.07) is -0.883. The molecule has 2 aliphatic rings. The Morgan fingerprint density at radius 3 is 3.00 bits per heavy atom. The van der Waals surface area contributed by atoms with Gasteiger partial charge in [-0.25, -0.2) is 0 Å². The summed E-state index contributed by atoms with van der Waals surface area (Å²) in [6.07, 6.45) is 3.42. The smallest absolute Gasteiger partial charge is 0.169 e. The number of ether oxygens (including phenoxy) is 4. The molecule has 0 aromatic heterocycles. The van der Waals surface area contributed by atoms with Gasteiger partial charge in [0.2, 0.25) is 0 Å². The number of aliphatic hydroxyl groups is 1. The van der Waals surface area contributed by atoms with Gasteiger partial charge in [0, 0.05) is 11.3 Å². The highest BCUT2D eigenvalue weighted by Gasteiger charge is 2.50. The van der Waals surface area contributed by atoms with Gasteiger partial charge in [-0.15, -0.1) is 12.3 Å². The van der Waals surface area contributed by atoms with E-state index in [4.69, 9.17) is 30.9 Å². The number of nitrogens with zero attached hydrogens (tertiary/aromatic N) is 3. The molecule has 8 nitrogen and oxygen atoms in total. The zero-order valence-corrected chi connectivity index (χ0v) is 12.7. The predicted molar refractivity (Wildman–Crippen MR) is 76.5 cm³/mol. The van der Waals surface area contributed by atoms with E-state index >= 15 is 0 Å². The Balaban J connectivity index is 2.05. The summed E-state index contributed by atoms with van der Waals surface area (Å²) >= 11 is 0. The predicted octanol–water partition coefficient (Wildman–Crippen LogP) is 1.33. The zero-order chi connectivity index (χ0) is 16.2. The Labute approximate surface area is 129 Å². The molecule has 0 bridgehead atoms. The van der Waals surface area contributed by atoms with E-state index in [9.17, 15) is 5.11 Å². The summed E-state index contributed by atoms with van der Waals surface area (Å²) in [5.41, 5.74) is 8.71. The molecular formula is C14H21N3O5. The van der Waals surface area contributed by atoms with Crippen LogP contribution in [-0.4, -0.2) is 54.8 Å². The van der Waals surface area contributed by atoms with Crippen LogP contribution in [0.1, 0.15) is 26.7 Å². The summed E-state index contributed by atoms with van der Waals surface area (Å²) in [4.78, 5) is 2.76. The van der Waals surface area contributed by atoms with Gasteiger partial charge in [-0.1, -0.05) is 5.11 Å². The van der Waals surface area contributed by atoms with Gasteiger partial charge in [0.25, 0.3) is 0 Å². The van der Waals surface area contributed by atoms with Gasteiger partial charge < -0.3 is 24.1 Å². The molecule has 1 N–H and O–H groups in total. The molecule has 2 unspecified atom stereocenters. The van der Waals surface area contributed by atoms with Gasteiger partial charge in [-0.3, -0.25) is 0 Å². The molecule has 22 heavy (non-hydrogen) atoms. The highest BCUT2D eigenvalue weighted by atomic mass is 16.8. The van der Waals surface area contributed by atoms with Crippen LogP contribution in [0.5, 0.6) is 0 Å².